The SMILES string of the molecule is NNC(=O)[S-].O=C([S-])NNS(=O)(=O)c1ccccc1.[K+].[K+]. The van der Waals surface area contributed by atoms with Crippen LogP contribution in [0.2, 0.25) is 0 Å². The van der Waals surface area contributed by atoms with E-state index in [9.17, 15) is 18.0 Å². The molecule has 13 heteroatoms. The number of nitrogens with two attached hydrogens (primary N) is 1. The van der Waals surface area contributed by atoms with Crippen LogP contribution in [0.15, 0.2) is 35.2 Å². The monoisotopic (exact) mass is 400 g/mol. The van der Waals surface area contributed by atoms with Crippen LogP contribution in [0.4, 0.5) is 9.59 Å². The summed E-state index contributed by atoms with van der Waals surface area (Å²) in [5.74, 6) is 4.47. The number of amides is 2. The minimum atomic E-state index is -3.70. The standard InChI is InChI=1S/C7H8N2O3S2.CH4N2OS.2K/c10-7(13)8-9-14(11,12)6-4-2-1-3-5-6;2-3-1(4)5;;/h1-5,9H,(H2,8,10,13);2H2,(H2,3,4,5);;/q;;2*+1/p-2. The van der Waals surface area contributed by atoms with Crippen LogP contribution in [0.3, 0.4) is 0 Å². The van der Waals surface area contributed by atoms with E-state index in [4.69, 9.17) is 0 Å². The van der Waals surface area contributed by atoms with Gasteiger partial charge in [-0.2, -0.15) is 0 Å². The van der Waals surface area contributed by atoms with Crippen molar-refractivity contribution in [1.29, 1.82) is 0 Å². The van der Waals surface area contributed by atoms with E-state index >= 15 is 0 Å². The molecular weight excluding hydrogens is 391 g/mol. The number of sulfonamides is 1. The maximum absolute atomic E-state index is 11.4. The van der Waals surface area contributed by atoms with Crippen molar-refractivity contribution in [3.05, 3.63) is 30.3 Å². The Balaban J connectivity index is -0.000000405. The molecule has 0 bridgehead atoms. The zero-order valence-corrected chi connectivity index (χ0v) is 20.0. The van der Waals surface area contributed by atoms with Crippen LogP contribution < -0.4 is 124 Å². The Morgan fingerprint density at radius 2 is 1.43 bits per heavy atom. The van der Waals surface area contributed by atoms with Gasteiger partial charge in [-0.05, 0) is 12.1 Å². The van der Waals surface area contributed by atoms with Crippen LogP contribution in [0.25, 0.3) is 0 Å². The van der Waals surface area contributed by atoms with E-state index in [1.165, 1.54) is 12.1 Å². The van der Waals surface area contributed by atoms with Crippen molar-refractivity contribution in [3.8, 4) is 0 Å². The first-order chi connectivity index (χ1) is 8.79. The molecule has 0 aliphatic heterocycles. The van der Waals surface area contributed by atoms with Gasteiger partial charge >= 0.3 is 103 Å². The number of carbonyl (C=O) groups excluding carboxylic acids is 2. The molecule has 0 unspecified atom stereocenters. The fourth-order valence-corrected chi connectivity index (χ4v) is 1.74. The third-order valence-electron chi connectivity index (χ3n) is 1.46. The van der Waals surface area contributed by atoms with Crippen molar-refractivity contribution in [2.75, 3.05) is 0 Å². The van der Waals surface area contributed by atoms with Gasteiger partial charge in [0.1, 0.15) is 10.5 Å². The Hall–Kier alpha value is 1.74. The smallest absolute Gasteiger partial charge is 0.718 e. The van der Waals surface area contributed by atoms with Crippen molar-refractivity contribution < 1.29 is 121 Å². The van der Waals surface area contributed by atoms with Crippen molar-refractivity contribution in [2.45, 2.75) is 4.90 Å². The minimum Gasteiger partial charge on any atom is -0.718 e. The predicted molar refractivity (Wildman–Crippen MR) is 72.7 cm³/mol. The average Bonchev–Trinajstić information content (AvgIpc) is 2.38. The number of hydrogen-bond acceptors (Lipinski definition) is 7. The van der Waals surface area contributed by atoms with Gasteiger partial charge < -0.3 is 40.3 Å². The van der Waals surface area contributed by atoms with Gasteiger partial charge in [0.05, 0.1) is 4.90 Å². The van der Waals surface area contributed by atoms with Crippen molar-refractivity contribution in [2.24, 2.45) is 5.84 Å². The quantitative estimate of drug-likeness (QED) is 0.130. The third kappa shape index (κ3) is 15.0. The Bertz CT molecular complexity index is 530. The minimum absolute atomic E-state index is 0. The van der Waals surface area contributed by atoms with Crippen LogP contribution in [0.1, 0.15) is 0 Å². The Kier molecular flexibility index (Phi) is 20.1. The molecule has 0 aliphatic carbocycles. The summed E-state index contributed by atoms with van der Waals surface area (Å²) in [5.41, 5.74) is 3.53. The average molecular weight is 401 g/mol. The molecule has 0 radical (unpaired) electrons. The number of benzene rings is 1. The van der Waals surface area contributed by atoms with Crippen LogP contribution >= 0.6 is 0 Å². The van der Waals surface area contributed by atoms with Gasteiger partial charge in [0, 0.05) is 0 Å². The second-order valence-electron chi connectivity index (χ2n) is 2.76. The van der Waals surface area contributed by atoms with Gasteiger partial charge in [-0.3, -0.25) is 5.43 Å². The van der Waals surface area contributed by atoms with Gasteiger partial charge in [-0.25, -0.2) is 14.3 Å². The topological polar surface area (TPSA) is 130 Å². The number of rotatable bonds is 3. The number of nitrogens with one attached hydrogen (secondary N) is 3. The van der Waals surface area contributed by atoms with Gasteiger partial charge in [0.2, 0.25) is 0 Å². The molecule has 0 saturated heterocycles. The molecule has 0 aromatic heterocycles. The van der Waals surface area contributed by atoms with E-state index in [2.05, 4.69) is 31.1 Å². The van der Waals surface area contributed by atoms with Crippen LogP contribution in [-0.2, 0) is 35.3 Å². The van der Waals surface area contributed by atoms with Gasteiger partial charge in [0.15, 0.2) is 0 Å². The second kappa shape index (κ2) is 15.3. The van der Waals surface area contributed by atoms with E-state index < -0.39 is 20.5 Å². The molecular formula is C8H10K2N4O4S3. The van der Waals surface area contributed by atoms with Crippen molar-refractivity contribution in [1.82, 2.24) is 15.7 Å². The summed E-state index contributed by atoms with van der Waals surface area (Å²) in [6.45, 7) is 0. The first-order valence-corrected chi connectivity index (χ1v) is 6.81. The van der Waals surface area contributed by atoms with E-state index in [-0.39, 0.29) is 108 Å². The second-order valence-corrected chi connectivity index (χ2v) is 5.19. The van der Waals surface area contributed by atoms with E-state index in [0.29, 0.717) is 0 Å². The first kappa shape index (κ1) is 27.6. The molecule has 8 nitrogen and oxygen atoms in total. The van der Waals surface area contributed by atoms with Gasteiger partial charge in [-0.15, -0.1) is 4.83 Å². The third-order valence-corrected chi connectivity index (χ3v) is 2.94. The largest absolute Gasteiger partial charge is 1.00 e. The fraction of sp³-hybridized carbons (Fsp3) is 0. The van der Waals surface area contributed by atoms with Gasteiger partial charge in [-0.1, -0.05) is 18.2 Å². The molecule has 1 aromatic carbocycles. The molecule has 0 spiro atoms. The van der Waals surface area contributed by atoms with Crippen molar-refractivity contribution in [3.63, 3.8) is 0 Å². The molecule has 1 aromatic rings. The maximum atomic E-state index is 11.4. The summed E-state index contributed by atoms with van der Waals surface area (Å²) >= 11 is 8.02. The molecule has 0 heterocycles. The normalized spacial score (nSPS) is 8.81. The molecule has 2 amide bonds. The predicted octanol–water partition coefficient (Wildman–Crippen LogP) is -6.74. The molecule has 0 fully saturated rings. The summed E-state index contributed by atoms with van der Waals surface area (Å²) < 4.78 is 22.7. The van der Waals surface area contributed by atoms with Crippen molar-refractivity contribution >= 4 is 45.8 Å². The van der Waals surface area contributed by atoms with Gasteiger partial charge in [0.25, 0.3) is 10.0 Å². The first-order valence-electron chi connectivity index (χ1n) is 4.51. The van der Waals surface area contributed by atoms with E-state index in [1.54, 1.807) is 23.6 Å². The Labute approximate surface area is 218 Å². The zero-order valence-electron chi connectivity index (χ0n) is 11.3. The van der Waals surface area contributed by atoms with E-state index in [1.807, 2.05) is 10.3 Å². The molecule has 1 rings (SSSR count). The summed E-state index contributed by atoms with van der Waals surface area (Å²) in [6.07, 6.45) is 0. The van der Waals surface area contributed by atoms with Crippen LogP contribution in [0, 0.1) is 0 Å². The van der Waals surface area contributed by atoms with Crippen LogP contribution in [0.5, 0.6) is 0 Å². The fourth-order valence-electron chi connectivity index (χ4n) is 0.767. The Morgan fingerprint density at radius 1 is 1.00 bits per heavy atom. The number of carbonyl (C=O) groups is 2. The maximum Gasteiger partial charge on any atom is 1.00 e. The molecule has 5 N–H and O–H groups in total. The molecule has 0 saturated carbocycles. The number of hydrazine groups is 2. The molecule has 0 aliphatic rings. The Morgan fingerprint density at radius 3 is 1.76 bits per heavy atom. The summed E-state index contributed by atoms with van der Waals surface area (Å²) in [7, 11) is -3.70. The molecule has 21 heavy (non-hydrogen) atoms. The van der Waals surface area contributed by atoms with E-state index in [0.717, 1.165) is 0 Å². The summed E-state index contributed by atoms with van der Waals surface area (Å²) in [4.78, 5) is 21.6. The zero-order chi connectivity index (χ0) is 14.9. The summed E-state index contributed by atoms with van der Waals surface area (Å²) in [6, 6.07) is 7.63. The number of hydrogen-bond donors (Lipinski definition) is 4. The molecule has 106 valence electrons. The molecule has 0 atom stereocenters. The summed E-state index contributed by atoms with van der Waals surface area (Å²) in [5, 5.41) is -1.52. The van der Waals surface area contributed by atoms with Crippen LogP contribution in [-0.4, -0.2) is 18.9 Å².